The van der Waals surface area contributed by atoms with Gasteiger partial charge in [-0.1, -0.05) is 6.92 Å². The Morgan fingerprint density at radius 1 is 1.33 bits per heavy atom. The van der Waals surface area contributed by atoms with E-state index in [1.807, 2.05) is 0 Å². The van der Waals surface area contributed by atoms with Gasteiger partial charge >= 0.3 is 0 Å². The van der Waals surface area contributed by atoms with Gasteiger partial charge in [-0.3, -0.25) is 4.79 Å². The van der Waals surface area contributed by atoms with Crippen LogP contribution in [-0.2, 0) is 4.79 Å². The van der Waals surface area contributed by atoms with Gasteiger partial charge in [-0.25, -0.2) is 0 Å². The molecule has 0 atom stereocenters. The van der Waals surface area contributed by atoms with E-state index in [-0.39, 0.29) is 18.1 Å². The molecule has 0 aromatic heterocycles. The third-order valence-electron chi connectivity index (χ3n) is 2.77. The van der Waals surface area contributed by atoms with Gasteiger partial charge in [0.25, 0.3) is 0 Å². The quantitative estimate of drug-likeness (QED) is 0.581. The molecule has 88 valence electrons. The Balaban J connectivity index is 2.09. The molecule has 0 aliphatic heterocycles. The Labute approximate surface area is 91.4 Å². The van der Waals surface area contributed by atoms with Crippen LogP contribution in [0.15, 0.2) is 0 Å². The number of carbonyl (C=O) groups is 1. The smallest absolute Gasteiger partial charge is 0.234 e. The molecule has 0 heterocycles. The van der Waals surface area contributed by atoms with Crippen LogP contribution in [0, 0.1) is 0 Å². The molecule has 15 heavy (non-hydrogen) atoms. The average molecular weight is 214 g/mol. The lowest BCUT2D eigenvalue weighted by molar-refractivity contribution is -0.121. The van der Waals surface area contributed by atoms with Crippen molar-refractivity contribution < 1.29 is 9.90 Å². The summed E-state index contributed by atoms with van der Waals surface area (Å²) in [5.74, 6) is 0.0739. The summed E-state index contributed by atoms with van der Waals surface area (Å²) in [5.41, 5.74) is 0. The lowest BCUT2D eigenvalue weighted by atomic mass is 9.93. The first-order valence-corrected chi connectivity index (χ1v) is 5.90. The molecule has 0 saturated heterocycles. The molecule has 1 amide bonds. The normalized spacial score (nSPS) is 26.3. The van der Waals surface area contributed by atoms with Crippen molar-refractivity contribution in [1.29, 1.82) is 0 Å². The minimum atomic E-state index is -0.156. The summed E-state index contributed by atoms with van der Waals surface area (Å²) in [7, 11) is 0. The molecule has 0 bridgehead atoms. The van der Waals surface area contributed by atoms with Crippen LogP contribution >= 0.6 is 0 Å². The maximum Gasteiger partial charge on any atom is 0.234 e. The van der Waals surface area contributed by atoms with E-state index in [0.29, 0.717) is 6.54 Å². The summed E-state index contributed by atoms with van der Waals surface area (Å²) in [6.45, 7) is 3.37. The van der Waals surface area contributed by atoms with Gasteiger partial charge in [-0.05, 0) is 38.6 Å². The van der Waals surface area contributed by atoms with E-state index in [4.69, 9.17) is 0 Å². The molecule has 3 N–H and O–H groups in total. The fourth-order valence-corrected chi connectivity index (χ4v) is 1.88. The number of rotatable bonds is 5. The summed E-state index contributed by atoms with van der Waals surface area (Å²) in [6, 6.07) is 0.268. The van der Waals surface area contributed by atoms with Crippen molar-refractivity contribution in [2.45, 2.75) is 51.2 Å². The van der Waals surface area contributed by atoms with Crippen molar-refractivity contribution in [2.75, 3.05) is 13.1 Å². The fraction of sp³-hybridized carbons (Fsp3) is 0.909. The maximum absolute atomic E-state index is 11.4. The highest BCUT2D eigenvalue weighted by Crippen LogP contribution is 2.17. The van der Waals surface area contributed by atoms with E-state index >= 15 is 0 Å². The van der Waals surface area contributed by atoms with Crippen LogP contribution in [0.1, 0.15) is 39.0 Å². The van der Waals surface area contributed by atoms with Crippen molar-refractivity contribution in [3.8, 4) is 0 Å². The van der Waals surface area contributed by atoms with Gasteiger partial charge < -0.3 is 15.7 Å². The van der Waals surface area contributed by atoms with Crippen molar-refractivity contribution >= 4 is 5.91 Å². The Morgan fingerprint density at radius 3 is 2.60 bits per heavy atom. The Kier molecular flexibility index (Phi) is 5.65. The molecule has 4 nitrogen and oxygen atoms in total. The third-order valence-corrected chi connectivity index (χ3v) is 2.77. The number of nitrogens with one attached hydrogen (secondary N) is 2. The lowest BCUT2D eigenvalue weighted by Gasteiger charge is -2.26. The first kappa shape index (κ1) is 12.5. The predicted molar refractivity (Wildman–Crippen MR) is 59.6 cm³/mol. The zero-order valence-corrected chi connectivity index (χ0v) is 9.46. The molecule has 0 unspecified atom stereocenters. The van der Waals surface area contributed by atoms with Gasteiger partial charge in [-0.2, -0.15) is 0 Å². The summed E-state index contributed by atoms with van der Waals surface area (Å²) < 4.78 is 0. The highest BCUT2D eigenvalue weighted by molar-refractivity contribution is 5.78. The van der Waals surface area contributed by atoms with E-state index in [1.54, 1.807) is 0 Å². The molecule has 0 radical (unpaired) electrons. The Bertz CT molecular complexity index is 189. The molecule has 1 saturated carbocycles. The van der Waals surface area contributed by atoms with Crippen molar-refractivity contribution in [3.05, 3.63) is 0 Å². The molecule has 1 rings (SSSR count). The van der Waals surface area contributed by atoms with E-state index in [0.717, 1.165) is 38.6 Å². The van der Waals surface area contributed by atoms with Crippen LogP contribution in [0.2, 0.25) is 0 Å². The third kappa shape index (κ3) is 5.14. The average Bonchev–Trinajstić information content (AvgIpc) is 2.22. The molecule has 0 spiro atoms. The van der Waals surface area contributed by atoms with Gasteiger partial charge in [0.15, 0.2) is 0 Å². The van der Waals surface area contributed by atoms with E-state index in [2.05, 4.69) is 17.6 Å². The maximum atomic E-state index is 11.4. The summed E-state index contributed by atoms with van der Waals surface area (Å²) >= 11 is 0. The summed E-state index contributed by atoms with van der Waals surface area (Å²) in [6.07, 6.45) is 4.32. The molecular weight excluding hydrogens is 192 g/mol. The molecule has 1 fully saturated rings. The van der Waals surface area contributed by atoms with Crippen LogP contribution in [0.5, 0.6) is 0 Å². The number of aliphatic hydroxyl groups is 1. The van der Waals surface area contributed by atoms with Crippen LogP contribution in [0.25, 0.3) is 0 Å². The van der Waals surface area contributed by atoms with Crippen LogP contribution in [0.4, 0.5) is 0 Å². The highest BCUT2D eigenvalue weighted by atomic mass is 16.3. The van der Waals surface area contributed by atoms with Crippen molar-refractivity contribution in [3.63, 3.8) is 0 Å². The topological polar surface area (TPSA) is 61.4 Å². The zero-order chi connectivity index (χ0) is 11.1. The predicted octanol–water partition coefficient (Wildman–Crippen LogP) is 0.406. The molecule has 1 aliphatic carbocycles. The molecular formula is C11H22N2O2. The second-order valence-corrected chi connectivity index (χ2v) is 4.25. The standard InChI is InChI=1S/C11H22N2O2/c1-2-7-12-8-11(15)13-9-3-5-10(14)6-4-9/h9-10,12,14H,2-8H2,1H3,(H,13,15). The van der Waals surface area contributed by atoms with E-state index < -0.39 is 0 Å². The molecule has 4 heteroatoms. The lowest BCUT2D eigenvalue weighted by Crippen LogP contribution is -2.42. The Hall–Kier alpha value is -0.610. The number of carbonyl (C=O) groups excluding carboxylic acids is 1. The van der Waals surface area contributed by atoms with Crippen LogP contribution in [0.3, 0.4) is 0 Å². The van der Waals surface area contributed by atoms with Gasteiger partial charge in [0.05, 0.1) is 12.6 Å². The first-order valence-electron chi connectivity index (χ1n) is 5.90. The summed E-state index contributed by atoms with van der Waals surface area (Å²) in [4.78, 5) is 11.4. The van der Waals surface area contributed by atoms with Crippen LogP contribution < -0.4 is 10.6 Å². The Morgan fingerprint density at radius 2 is 2.00 bits per heavy atom. The molecule has 0 aromatic rings. The minimum absolute atomic E-state index is 0.0739. The minimum Gasteiger partial charge on any atom is -0.393 e. The van der Waals surface area contributed by atoms with E-state index in [1.165, 1.54) is 0 Å². The van der Waals surface area contributed by atoms with Gasteiger partial charge in [0.2, 0.25) is 5.91 Å². The van der Waals surface area contributed by atoms with Gasteiger partial charge in [0.1, 0.15) is 0 Å². The SMILES string of the molecule is CCCNCC(=O)NC1CCC(O)CC1. The number of hydrogen-bond acceptors (Lipinski definition) is 3. The fourth-order valence-electron chi connectivity index (χ4n) is 1.88. The largest absolute Gasteiger partial charge is 0.393 e. The molecule has 0 aromatic carbocycles. The second kappa shape index (κ2) is 6.80. The number of hydrogen-bond donors (Lipinski definition) is 3. The van der Waals surface area contributed by atoms with Gasteiger partial charge in [-0.15, -0.1) is 0 Å². The number of aliphatic hydroxyl groups excluding tert-OH is 1. The summed E-state index contributed by atoms with van der Waals surface area (Å²) in [5, 5.41) is 15.4. The van der Waals surface area contributed by atoms with Crippen molar-refractivity contribution in [1.82, 2.24) is 10.6 Å². The number of amides is 1. The molecule has 1 aliphatic rings. The monoisotopic (exact) mass is 214 g/mol. The highest BCUT2D eigenvalue weighted by Gasteiger charge is 2.20. The first-order chi connectivity index (χ1) is 7.22. The van der Waals surface area contributed by atoms with Crippen molar-refractivity contribution in [2.24, 2.45) is 0 Å². The van der Waals surface area contributed by atoms with Crippen LogP contribution in [-0.4, -0.2) is 36.2 Å². The van der Waals surface area contributed by atoms with E-state index in [9.17, 15) is 9.90 Å². The second-order valence-electron chi connectivity index (χ2n) is 4.25. The van der Waals surface area contributed by atoms with Gasteiger partial charge in [0, 0.05) is 6.04 Å². The zero-order valence-electron chi connectivity index (χ0n) is 9.46.